The predicted octanol–water partition coefficient (Wildman–Crippen LogP) is 3.69. The molecule has 1 aromatic carbocycles. The molecule has 4 nitrogen and oxygen atoms in total. The van der Waals surface area contributed by atoms with Gasteiger partial charge < -0.3 is 5.32 Å². The molecule has 2 aromatic rings. The molecule has 0 fully saturated rings. The van der Waals surface area contributed by atoms with Gasteiger partial charge in [-0.1, -0.05) is 11.6 Å². The number of carbonyl (C=O) groups excluding carboxylic acids is 1. The van der Waals surface area contributed by atoms with E-state index in [9.17, 15) is 4.79 Å². The van der Waals surface area contributed by atoms with Crippen LogP contribution < -0.4 is 5.32 Å². The predicted molar refractivity (Wildman–Crippen MR) is 70.5 cm³/mol. The summed E-state index contributed by atoms with van der Waals surface area (Å²) < 4.78 is 2.13. The third-order valence-electron chi connectivity index (χ3n) is 2.23. The second-order valence-corrected chi connectivity index (χ2v) is 4.74. The van der Waals surface area contributed by atoms with E-state index in [1.165, 1.54) is 17.1 Å². The molecule has 0 spiro atoms. The van der Waals surface area contributed by atoms with E-state index in [-0.39, 0.29) is 6.03 Å². The zero-order valence-corrected chi connectivity index (χ0v) is 11.3. The van der Waals surface area contributed by atoms with Gasteiger partial charge in [-0.25, -0.2) is 9.78 Å². The fraction of sp³-hybridized carbons (Fsp3) is 0.0909. The molecule has 0 unspecified atom stereocenters. The van der Waals surface area contributed by atoms with Crippen LogP contribution in [0.15, 0.2) is 35.3 Å². The SMILES string of the molecule is Cc1cc(Br)c(NC(=O)n2ccnc2)cc1Cl. The molecule has 1 amide bonds. The van der Waals surface area contributed by atoms with Gasteiger partial charge in [0.25, 0.3) is 0 Å². The van der Waals surface area contributed by atoms with E-state index < -0.39 is 0 Å². The van der Waals surface area contributed by atoms with Crippen LogP contribution in [0, 0.1) is 6.92 Å². The summed E-state index contributed by atoms with van der Waals surface area (Å²) in [5, 5.41) is 3.34. The first kappa shape index (κ1) is 12.1. The van der Waals surface area contributed by atoms with E-state index in [4.69, 9.17) is 11.6 Å². The van der Waals surface area contributed by atoms with Crippen molar-refractivity contribution in [2.45, 2.75) is 6.92 Å². The second-order valence-electron chi connectivity index (χ2n) is 3.48. The lowest BCUT2D eigenvalue weighted by Crippen LogP contribution is -2.18. The number of aromatic nitrogens is 2. The molecule has 0 aliphatic heterocycles. The van der Waals surface area contributed by atoms with E-state index >= 15 is 0 Å². The van der Waals surface area contributed by atoms with Crippen molar-refractivity contribution in [2.24, 2.45) is 0 Å². The minimum absolute atomic E-state index is 0.289. The fourth-order valence-electron chi connectivity index (χ4n) is 1.30. The lowest BCUT2D eigenvalue weighted by atomic mass is 10.2. The summed E-state index contributed by atoms with van der Waals surface area (Å²) in [6.45, 7) is 1.90. The number of nitrogens with zero attached hydrogens (tertiary/aromatic N) is 2. The van der Waals surface area contributed by atoms with Gasteiger partial charge in [-0.05, 0) is 40.5 Å². The summed E-state index contributed by atoms with van der Waals surface area (Å²) in [6.07, 6.45) is 4.54. The highest BCUT2D eigenvalue weighted by molar-refractivity contribution is 9.10. The Labute approximate surface area is 112 Å². The van der Waals surface area contributed by atoms with Gasteiger partial charge in [0, 0.05) is 21.9 Å². The number of carbonyl (C=O) groups is 1. The van der Waals surface area contributed by atoms with E-state index in [1.807, 2.05) is 13.0 Å². The van der Waals surface area contributed by atoms with Crippen molar-refractivity contribution in [2.75, 3.05) is 5.32 Å². The average Bonchev–Trinajstić information content (AvgIpc) is 2.79. The monoisotopic (exact) mass is 313 g/mol. The molecule has 0 aliphatic carbocycles. The molecular formula is C11H9BrClN3O. The van der Waals surface area contributed by atoms with Crippen molar-refractivity contribution in [1.29, 1.82) is 0 Å². The third kappa shape index (κ3) is 2.68. The van der Waals surface area contributed by atoms with Gasteiger partial charge in [0.2, 0.25) is 0 Å². The Morgan fingerprint density at radius 1 is 1.53 bits per heavy atom. The quantitative estimate of drug-likeness (QED) is 0.872. The summed E-state index contributed by atoms with van der Waals surface area (Å²) in [6, 6.07) is 3.27. The van der Waals surface area contributed by atoms with Crippen LogP contribution in [0.4, 0.5) is 10.5 Å². The number of amides is 1. The van der Waals surface area contributed by atoms with Crippen molar-refractivity contribution < 1.29 is 4.79 Å². The van der Waals surface area contributed by atoms with Crippen LogP contribution in [-0.2, 0) is 0 Å². The van der Waals surface area contributed by atoms with Crippen LogP contribution in [0.25, 0.3) is 0 Å². The topological polar surface area (TPSA) is 46.9 Å². The molecule has 88 valence electrons. The van der Waals surface area contributed by atoms with E-state index in [0.717, 1.165) is 10.0 Å². The van der Waals surface area contributed by atoms with Gasteiger partial charge in [0.15, 0.2) is 0 Å². The van der Waals surface area contributed by atoms with Crippen molar-refractivity contribution in [3.8, 4) is 0 Å². The highest BCUT2D eigenvalue weighted by atomic mass is 79.9. The molecule has 17 heavy (non-hydrogen) atoms. The van der Waals surface area contributed by atoms with Gasteiger partial charge in [0.05, 0.1) is 5.69 Å². The standard InChI is InChI=1S/C11H9BrClN3O/c1-7-4-8(12)10(5-9(7)13)15-11(17)16-3-2-14-6-16/h2-6H,1H3,(H,15,17). The first-order chi connectivity index (χ1) is 8.08. The number of aryl methyl sites for hydroxylation is 1. The van der Waals surface area contributed by atoms with Gasteiger partial charge in [0.1, 0.15) is 6.33 Å². The Bertz CT molecular complexity index is 554. The summed E-state index contributed by atoms with van der Waals surface area (Å²) >= 11 is 9.38. The molecule has 0 radical (unpaired) electrons. The average molecular weight is 315 g/mol. The maximum Gasteiger partial charge on any atom is 0.331 e. The third-order valence-corrected chi connectivity index (χ3v) is 3.29. The van der Waals surface area contributed by atoms with Crippen LogP contribution >= 0.6 is 27.5 Å². The molecule has 0 bridgehead atoms. The molecule has 2 rings (SSSR count). The van der Waals surface area contributed by atoms with E-state index in [0.29, 0.717) is 10.7 Å². The Morgan fingerprint density at radius 3 is 2.94 bits per heavy atom. The molecular weight excluding hydrogens is 305 g/mol. The number of hydrogen-bond donors (Lipinski definition) is 1. The van der Waals surface area contributed by atoms with E-state index in [1.54, 1.807) is 12.3 Å². The molecule has 6 heteroatoms. The molecule has 0 aliphatic rings. The summed E-state index contributed by atoms with van der Waals surface area (Å²) in [7, 11) is 0. The van der Waals surface area contributed by atoms with Crippen molar-refractivity contribution in [3.05, 3.63) is 45.9 Å². The lowest BCUT2D eigenvalue weighted by Gasteiger charge is -2.09. The zero-order chi connectivity index (χ0) is 12.4. The Balaban J connectivity index is 2.25. The number of nitrogens with one attached hydrogen (secondary N) is 1. The number of rotatable bonds is 1. The van der Waals surface area contributed by atoms with Gasteiger partial charge >= 0.3 is 6.03 Å². The Kier molecular flexibility index (Phi) is 3.49. The molecule has 0 atom stereocenters. The number of anilines is 1. The smallest absolute Gasteiger partial charge is 0.306 e. The van der Waals surface area contributed by atoms with Gasteiger partial charge in [-0.15, -0.1) is 0 Å². The maximum atomic E-state index is 11.8. The highest BCUT2D eigenvalue weighted by Crippen LogP contribution is 2.29. The van der Waals surface area contributed by atoms with Crippen molar-refractivity contribution >= 4 is 39.2 Å². The molecule has 1 heterocycles. The van der Waals surface area contributed by atoms with Gasteiger partial charge in [-0.3, -0.25) is 4.57 Å². The van der Waals surface area contributed by atoms with Gasteiger partial charge in [-0.2, -0.15) is 0 Å². The largest absolute Gasteiger partial charge is 0.331 e. The van der Waals surface area contributed by atoms with E-state index in [2.05, 4.69) is 26.2 Å². The normalized spacial score (nSPS) is 10.3. The summed E-state index contributed by atoms with van der Waals surface area (Å²) in [5.41, 5.74) is 1.57. The minimum atomic E-state index is -0.289. The lowest BCUT2D eigenvalue weighted by molar-refractivity contribution is 0.253. The first-order valence-corrected chi connectivity index (χ1v) is 6.00. The number of halogens is 2. The first-order valence-electron chi connectivity index (χ1n) is 4.83. The minimum Gasteiger partial charge on any atom is -0.306 e. The Hall–Kier alpha value is -1.33. The fourth-order valence-corrected chi connectivity index (χ4v) is 2.02. The highest BCUT2D eigenvalue weighted by Gasteiger charge is 2.09. The summed E-state index contributed by atoms with van der Waals surface area (Å²) in [5.74, 6) is 0. The van der Waals surface area contributed by atoms with Crippen LogP contribution in [0.5, 0.6) is 0 Å². The van der Waals surface area contributed by atoms with Crippen LogP contribution in [0.1, 0.15) is 5.56 Å². The molecule has 0 saturated carbocycles. The van der Waals surface area contributed by atoms with Crippen LogP contribution in [0.2, 0.25) is 5.02 Å². The molecule has 1 N–H and O–H groups in total. The van der Waals surface area contributed by atoms with Crippen LogP contribution in [0.3, 0.4) is 0 Å². The van der Waals surface area contributed by atoms with Crippen LogP contribution in [-0.4, -0.2) is 15.6 Å². The number of benzene rings is 1. The molecule has 1 aromatic heterocycles. The molecule has 0 saturated heterocycles. The number of hydrogen-bond acceptors (Lipinski definition) is 2. The summed E-state index contributed by atoms with van der Waals surface area (Å²) in [4.78, 5) is 15.6. The zero-order valence-electron chi connectivity index (χ0n) is 8.95. The maximum absolute atomic E-state index is 11.8. The number of imidazole rings is 1. The van der Waals surface area contributed by atoms with Crippen molar-refractivity contribution in [3.63, 3.8) is 0 Å². The Morgan fingerprint density at radius 2 is 2.29 bits per heavy atom. The van der Waals surface area contributed by atoms with Crippen molar-refractivity contribution in [1.82, 2.24) is 9.55 Å². The second kappa shape index (κ2) is 4.89.